The smallest absolute Gasteiger partial charge is 0.0693 e. The Labute approximate surface area is 99.5 Å². The predicted octanol–water partition coefficient (Wildman–Crippen LogP) is 1.63. The van der Waals surface area contributed by atoms with E-state index in [1.54, 1.807) is 7.11 Å². The lowest BCUT2D eigenvalue weighted by atomic mass is 9.96. The number of nitrogens with zero attached hydrogens (tertiary/aromatic N) is 1. The van der Waals surface area contributed by atoms with Crippen LogP contribution in [0, 0.1) is 0 Å². The highest BCUT2D eigenvalue weighted by Crippen LogP contribution is 2.27. The monoisotopic (exact) mass is 226 g/mol. The maximum Gasteiger partial charge on any atom is 0.0693 e. The van der Waals surface area contributed by atoms with Gasteiger partial charge in [-0.05, 0) is 52.6 Å². The van der Waals surface area contributed by atoms with Crippen LogP contribution in [-0.2, 0) is 4.74 Å². The largest absolute Gasteiger partial charge is 0.380 e. The molecule has 0 aromatic rings. The molecular weight excluding hydrogens is 200 g/mol. The maximum absolute atomic E-state index is 5.37. The van der Waals surface area contributed by atoms with E-state index in [-0.39, 0.29) is 0 Å². The Bertz CT molecular complexity index is 222. The molecule has 3 heteroatoms. The second kappa shape index (κ2) is 5.48. The van der Waals surface area contributed by atoms with Crippen molar-refractivity contribution >= 4 is 0 Å². The molecule has 0 aromatic carbocycles. The summed E-state index contributed by atoms with van der Waals surface area (Å²) in [6.07, 6.45) is 5.76. The summed E-state index contributed by atoms with van der Waals surface area (Å²) in [5.41, 5.74) is 0. The van der Waals surface area contributed by atoms with Gasteiger partial charge in [-0.1, -0.05) is 0 Å². The van der Waals surface area contributed by atoms with Crippen molar-refractivity contribution in [2.45, 2.75) is 63.8 Å². The van der Waals surface area contributed by atoms with Crippen LogP contribution in [0.2, 0.25) is 0 Å². The van der Waals surface area contributed by atoms with Crippen molar-refractivity contribution in [2.24, 2.45) is 0 Å². The Morgan fingerprint density at radius 3 is 2.81 bits per heavy atom. The van der Waals surface area contributed by atoms with Crippen LogP contribution < -0.4 is 5.32 Å². The molecule has 0 aliphatic carbocycles. The van der Waals surface area contributed by atoms with Gasteiger partial charge in [-0.25, -0.2) is 0 Å². The summed E-state index contributed by atoms with van der Waals surface area (Å²) in [7, 11) is 1.79. The number of piperidine rings is 1. The first kappa shape index (κ1) is 12.3. The quantitative estimate of drug-likeness (QED) is 0.788. The molecule has 3 nitrogen and oxygen atoms in total. The molecule has 2 rings (SSSR count). The van der Waals surface area contributed by atoms with Gasteiger partial charge in [0.05, 0.1) is 6.10 Å². The average Bonchev–Trinajstić information content (AvgIpc) is 2.75. The zero-order chi connectivity index (χ0) is 11.5. The number of fused-ring (bicyclic) bond motifs is 1. The number of ether oxygens (including phenoxy) is 1. The van der Waals surface area contributed by atoms with Crippen molar-refractivity contribution in [3.63, 3.8) is 0 Å². The van der Waals surface area contributed by atoms with Gasteiger partial charge >= 0.3 is 0 Å². The van der Waals surface area contributed by atoms with E-state index in [2.05, 4.69) is 24.1 Å². The van der Waals surface area contributed by atoms with Crippen molar-refractivity contribution in [3.05, 3.63) is 0 Å². The van der Waals surface area contributed by atoms with Crippen molar-refractivity contribution in [3.8, 4) is 0 Å². The van der Waals surface area contributed by atoms with Crippen LogP contribution in [0.3, 0.4) is 0 Å². The molecule has 4 atom stereocenters. The molecule has 2 heterocycles. The molecule has 0 saturated carbocycles. The number of hydrogen-bond acceptors (Lipinski definition) is 3. The van der Waals surface area contributed by atoms with Crippen LogP contribution in [0.25, 0.3) is 0 Å². The van der Waals surface area contributed by atoms with E-state index in [0.29, 0.717) is 18.2 Å². The van der Waals surface area contributed by atoms with Crippen molar-refractivity contribution in [1.29, 1.82) is 0 Å². The highest BCUT2D eigenvalue weighted by molar-refractivity contribution is 4.90. The summed E-state index contributed by atoms with van der Waals surface area (Å²) in [5.74, 6) is 0. The van der Waals surface area contributed by atoms with Crippen LogP contribution in [-0.4, -0.2) is 49.3 Å². The summed E-state index contributed by atoms with van der Waals surface area (Å²) in [6.45, 7) is 7.00. The topological polar surface area (TPSA) is 24.5 Å². The molecule has 2 fully saturated rings. The first-order chi connectivity index (χ1) is 7.70. The van der Waals surface area contributed by atoms with Gasteiger partial charge in [-0.15, -0.1) is 0 Å². The molecule has 2 aliphatic heterocycles. The summed E-state index contributed by atoms with van der Waals surface area (Å²) in [6, 6.07) is 2.02. The number of hydrogen-bond donors (Lipinski definition) is 1. The molecule has 0 radical (unpaired) electrons. The molecule has 1 N–H and O–H groups in total. The fourth-order valence-electron chi connectivity index (χ4n) is 3.09. The Morgan fingerprint density at radius 1 is 1.25 bits per heavy atom. The van der Waals surface area contributed by atoms with Crippen LogP contribution in [0.1, 0.15) is 39.5 Å². The second-order valence-corrected chi connectivity index (χ2v) is 5.45. The molecule has 0 spiro atoms. The molecule has 0 amide bonds. The van der Waals surface area contributed by atoms with Gasteiger partial charge in [0.1, 0.15) is 0 Å². The first-order valence-corrected chi connectivity index (χ1v) is 6.73. The Balaban J connectivity index is 1.78. The van der Waals surface area contributed by atoms with Crippen LogP contribution in [0.4, 0.5) is 0 Å². The average molecular weight is 226 g/mol. The summed E-state index contributed by atoms with van der Waals surface area (Å²) < 4.78 is 5.37. The van der Waals surface area contributed by atoms with Crippen molar-refractivity contribution < 1.29 is 4.74 Å². The zero-order valence-corrected chi connectivity index (χ0v) is 10.9. The van der Waals surface area contributed by atoms with E-state index in [9.17, 15) is 0 Å². The van der Waals surface area contributed by atoms with E-state index < -0.39 is 0 Å². The third-order valence-electron chi connectivity index (χ3n) is 4.39. The van der Waals surface area contributed by atoms with Crippen molar-refractivity contribution in [2.75, 3.05) is 20.2 Å². The number of methoxy groups -OCH3 is 1. The van der Waals surface area contributed by atoms with Gasteiger partial charge in [0.25, 0.3) is 0 Å². The van der Waals surface area contributed by atoms with Gasteiger partial charge in [0, 0.05) is 25.2 Å². The normalized spacial score (nSPS) is 34.7. The van der Waals surface area contributed by atoms with Crippen molar-refractivity contribution in [1.82, 2.24) is 10.2 Å². The summed E-state index contributed by atoms with van der Waals surface area (Å²) in [4.78, 5) is 2.67. The lowest BCUT2D eigenvalue weighted by Crippen LogP contribution is -2.50. The Hall–Kier alpha value is -0.120. The third-order valence-corrected chi connectivity index (χ3v) is 4.39. The fraction of sp³-hybridized carbons (Fsp3) is 1.00. The van der Waals surface area contributed by atoms with Gasteiger partial charge in [-0.3, -0.25) is 0 Å². The molecule has 94 valence electrons. The Morgan fingerprint density at radius 2 is 2.06 bits per heavy atom. The third kappa shape index (κ3) is 2.76. The highest BCUT2D eigenvalue weighted by atomic mass is 16.5. The molecule has 4 unspecified atom stereocenters. The van der Waals surface area contributed by atoms with E-state index in [4.69, 9.17) is 4.74 Å². The van der Waals surface area contributed by atoms with Crippen LogP contribution in [0.5, 0.6) is 0 Å². The lowest BCUT2D eigenvalue weighted by Gasteiger charge is -2.37. The Kier molecular flexibility index (Phi) is 4.22. The maximum atomic E-state index is 5.37. The molecular formula is C13H26N2O. The summed E-state index contributed by atoms with van der Waals surface area (Å²) in [5, 5.41) is 3.73. The molecule has 0 aromatic heterocycles. The van der Waals surface area contributed by atoms with Gasteiger partial charge in [0.2, 0.25) is 0 Å². The molecule has 2 aliphatic rings. The highest BCUT2D eigenvalue weighted by Gasteiger charge is 2.32. The van der Waals surface area contributed by atoms with E-state index in [0.717, 1.165) is 6.04 Å². The molecule has 16 heavy (non-hydrogen) atoms. The minimum absolute atomic E-state index is 0.307. The van der Waals surface area contributed by atoms with E-state index in [1.165, 1.54) is 38.8 Å². The molecule has 2 saturated heterocycles. The van der Waals surface area contributed by atoms with Gasteiger partial charge in [0.15, 0.2) is 0 Å². The minimum Gasteiger partial charge on any atom is -0.380 e. The number of nitrogens with one attached hydrogen (secondary N) is 1. The van der Waals surface area contributed by atoms with E-state index >= 15 is 0 Å². The van der Waals surface area contributed by atoms with Crippen LogP contribution >= 0.6 is 0 Å². The number of rotatable bonds is 4. The minimum atomic E-state index is 0.307. The predicted molar refractivity (Wildman–Crippen MR) is 66.7 cm³/mol. The first-order valence-electron chi connectivity index (χ1n) is 6.73. The second-order valence-electron chi connectivity index (χ2n) is 5.45. The summed E-state index contributed by atoms with van der Waals surface area (Å²) >= 11 is 0. The fourth-order valence-corrected chi connectivity index (χ4v) is 3.09. The van der Waals surface area contributed by atoms with Gasteiger partial charge < -0.3 is 15.0 Å². The van der Waals surface area contributed by atoms with Crippen LogP contribution in [0.15, 0.2) is 0 Å². The lowest BCUT2D eigenvalue weighted by molar-refractivity contribution is 0.0750. The molecule has 0 bridgehead atoms. The standard InChI is InChI=1S/C13H26N2O/c1-10(11(2)16-3)14-12-6-8-15-7-4-5-13(15)9-12/h10-14H,4-9H2,1-3H3. The zero-order valence-electron chi connectivity index (χ0n) is 10.9. The van der Waals surface area contributed by atoms with E-state index in [1.807, 2.05) is 0 Å². The van der Waals surface area contributed by atoms with Gasteiger partial charge in [-0.2, -0.15) is 0 Å². The SMILES string of the molecule is COC(C)C(C)NC1CCN2CCCC2C1.